The Morgan fingerprint density at radius 2 is 2.05 bits per heavy atom. The van der Waals surface area contributed by atoms with Crippen LogP contribution >= 0.6 is 27.3 Å². The van der Waals surface area contributed by atoms with E-state index in [1.54, 1.807) is 0 Å². The zero-order valence-corrected chi connectivity index (χ0v) is 12.3. The topological polar surface area (TPSA) is 20.2 Å². The van der Waals surface area contributed by atoms with Gasteiger partial charge < -0.3 is 5.11 Å². The minimum Gasteiger partial charge on any atom is -0.383 e. The van der Waals surface area contributed by atoms with Gasteiger partial charge in [-0.2, -0.15) is 0 Å². The highest BCUT2D eigenvalue weighted by molar-refractivity contribution is 9.10. The predicted molar refractivity (Wildman–Crippen MR) is 74.5 cm³/mol. The summed E-state index contributed by atoms with van der Waals surface area (Å²) >= 11 is 4.47. The van der Waals surface area contributed by atoms with Crippen LogP contribution in [0.15, 0.2) is 22.7 Å². The van der Waals surface area contributed by atoms with Crippen LogP contribution in [0.25, 0.3) is 0 Å². The summed E-state index contributed by atoms with van der Waals surface area (Å²) in [7, 11) is 0. The van der Waals surface area contributed by atoms with E-state index in [-0.39, 0.29) is 10.0 Å². The molecule has 0 saturated heterocycles. The maximum Gasteiger partial charge on any atom is 0.146 e. The molecule has 1 N–H and O–H groups in total. The minimum atomic E-state index is -1.24. The summed E-state index contributed by atoms with van der Waals surface area (Å²) in [5, 5.41) is 10.2. The first kappa shape index (κ1) is 13.2. The van der Waals surface area contributed by atoms with Crippen molar-refractivity contribution in [2.24, 2.45) is 0 Å². The summed E-state index contributed by atoms with van der Waals surface area (Å²) in [4.78, 5) is 1.84. The van der Waals surface area contributed by atoms with Gasteiger partial charge in [-0.15, -0.1) is 11.3 Å². The Balaban J connectivity index is 2.04. The summed E-state index contributed by atoms with van der Waals surface area (Å²) in [6.45, 7) is 0. The third-order valence-corrected chi connectivity index (χ3v) is 5.29. The largest absolute Gasteiger partial charge is 0.383 e. The highest BCUT2D eigenvalue weighted by Crippen LogP contribution is 2.38. The maximum atomic E-state index is 14.0. The molecule has 5 heteroatoms. The molecule has 0 spiro atoms. The van der Waals surface area contributed by atoms with Gasteiger partial charge in [-0.1, -0.05) is 0 Å². The van der Waals surface area contributed by atoms with Crippen LogP contribution in [-0.4, -0.2) is 5.11 Å². The second-order valence-corrected chi connectivity index (χ2v) is 6.63. The third kappa shape index (κ3) is 2.24. The number of hydrogen-bond donors (Lipinski definition) is 1. The van der Waals surface area contributed by atoms with Crippen LogP contribution in [0, 0.1) is 11.6 Å². The number of rotatable bonds is 2. The summed E-state index contributed by atoms with van der Waals surface area (Å²) < 4.78 is 27.9. The molecule has 1 nitrogen and oxygen atoms in total. The standard InChI is InChI=1S/C14H11BrF2OS/c15-8-4-5-9(16)12(13(8)17)14(18)11-6-7-2-1-3-10(7)19-11/h4-6,14,18H,1-3H2. The van der Waals surface area contributed by atoms with Crippen molar-refractivity contribution in [3.05, 3.63) is 55.2 Å². The van der Waals surface area contributed by atoms with Gasteiger partial charge in [-0.25, -0.2) is 8.78 Å². The van der Waals surface area contributed by atoms with E-state index in [0.29, 0.717) is 4.88 Å². The monoisotopic (exact) mass is 344 g/mol. The molecular formula is C14H11BrF2OS. The van der Waals surface area contributed by atoms with Crippen molar-refractivity contribution in [3.63, 3.8) is 0 Å². The lowest BCUT2D eigenvalue weighted by atomic mass is 10.1. The molecule has 1 atom stereocenters. The lowest BCUT2D eigenvalue weighted by molar-refractivity contribution is 0.212. The van der Waals surface area contributed by atoms with Crippen molar-refractivity contribution in [3.8, 4) is 0 Å². The number of aliphatic hydroxyl groups is 1. The Labute approximate surface area is 122 Å². The Hall–Kier alpha value is -0.780. The molecule has 19 heavy (non-hydrogen) atoms. The number of aryl methyl sites for hydroxylation is 2. The van der Waals surface area contributed by atoms with Crippen molar-refractivity contribution in [2.75, 3.05) is 0 Å². The molecule has 3 rings (SSSR count). The van der Waals surface area contributed by atoms with Gasteiger partial charge in [0.25, 0.3) is 0 Å². The normalized spacial score (nSPS) is 15.6. The molecule has 0 aliphatic heterocycles. The van der Waals surface area contributed by atoms with E-state index < -0.39 is 17.7 Å². The molecule has 1 unspecified atom stereocenters. The van der Waals surface area contributed by atoms with E-state index in [9.17, 15) is 13.9 Å². The Kier molecular flexibility index (Phi) is 3.45. The van der Waals surface area contributed by atoms with Crippen LogP contribution in [0.4, 0.5) is 8.78 Å². The lowest BCUT2D eigenvalue weighted by Crippen LogP contribution is -2.05. The number of hydrogen-bond acceptors (Lipinski definition) is 2. The lowest BCUT2D eigenvalue weighted by Gasteiger charge is -2.12. The highest BCUT2D eigenvalue weighted by atomic mass is 79.9. The van der Waals surface area contributed by atoms with Gasteiger partial charge in [0, 0.05) is 9.75 Å². The second-order valence-electron chi connectivity index (χ2n) is 4.61. The molecule has 100 valence electrons. The first-order chi connectivity index (χ1) is 9.08. The van der Waals surface area contributed by atoms with E-state index in [1.165, 1.54) is 27.8 Å². The van der Waals surface area contributed by atoms with Crippen LogP contribution in [0.2, 0.25) is 0 Å². The van der Waals surface area contributed by atoms with Crippen LogP contribution in [0.5, 0.6) is 0 Å². The summed E-state index contributed by atoms with van der Waals surface area (Å²) in [6.07, 6.45) is 1.86. The zero-order valence-electron chi connectivity index (χ0n) is 9.92. The van der Waals surface area contributed by atoms with E-state index in [1.807, 2.05) is 6.07 Å². The molecule has 0 radical (unpaired) electrons. The molecule has 0 amide bonds. The predicted octanol–water partition coefficient (Wildman–Crippen LogP) is 4.36. The van der Waals surface area contributed by atoms with Gasteiger partial charge in [0.05, 0.1) is 10.0 Å². The first-order valence-corrected chi connectivity index (χ1v) is 7.62. The molecule has 0 saturated carbocycles. The smallest absolute Gasteiger partial charge is 0.146 e. The number of thiophene rings is 1. The van der Waals surface area contributed by atoms with E-state index in [0.717, 1.165) is 25.3 Å². The number of halogens is 3. The average molecular weight is 345 g/mol. The molecular weight excluding hydrogens is 334 g/mol. The Morgan fingerprint density at radius 3 is 2.79 bits per heavy atom. The summed E-state index contributed by atoms with van der Waals surface area (Å²) in [6, 6.07) is 4.33. The van der Waals surface area contributed by atoms with Crippen molar-refractivity contribution in [1.29, 1.82) is 0 Å². The fourth-order valence-corrected chi connectivity index (χ4v) is 4.02. The number of benzene rings is 1. The third-order valence-electron chi connectivity index (χ3n) is 3.39. The molecule has 1 heterocycles. The van der Waals surface area contributed by atoms with Gasteiger partial charge in [0.15, 0.2) is 0 Å². The van der Waals surface area contributed by atoms with Crippen LogP contribution in [-0.2, 0) is 12.8 Å². The Morgan fingerprint density at radius 1 is 1.26 bits per heavy atom. The SMILES string of the molecule is OC(c1cc2c(s1)CCC2)c1c(F)ccc(Br)c1F. The van der Waals surface area contributed by atoms with Crippen molar-refractivity contribution in [1.82, 2.24) is 0 Å². The van der Waals surface area contributed by atoms with Gasteiger partial charge in [-0.05, 0) is 59.0 Å². The van der Waals surface area contributed by atoms with Gasteiger partial charge in [-0.3, -0.25) is 0 Å². The fourth-order valence-electron chi connectivity index (χ4n) is 2.42. The molecule has 1 aromatic heterocycles. The zero-order chi connectivity index (χ0) is 13.6. The maximum absolute atomic E-state index is 14.0. The second kappa shape index (κ2) is 4.96. The van der Waals surface area contributed by atoms with Gasteiger partial charge in [0.1, 0.15) is 17.7 Å². The molecule has 2 aromatic rings. The van der Waals surface area contributed by atoms with Gasteiger partial charge >= 0.3 is 0 Å². The Bertz CT molecular complexity index is 617. The molecule has 1 aliphatic carbocycles. The van der Waals surface area contributed by atoms with Crippen molar-refractivity contribution < 1.29 is 13.9 Å². The highest BCUT2D eigenvalue weighted by Gasteiger charge is 2.25. The van der Waals surface area contributed by atoms with Crippen LogP contribution < -0.4 is 0 Å². The summed E-state index contributed by atoms with van der Waals surface area (Å²) in [5.41, 5.74) is 0.921. The number of aliphatic hydroxyl groups excluding tert-OH is 1. The van der Waals surface area contributed by atoms with Crippen LogP contribution in [0.1, 0.15) is 33.4 Å². The average Bonchev–Trinajstić information content (AvgIpc) is 2.94. The van der Waals surface area contributed by atoms with Crippen molar-refractivity contribution >= 4 is 27.3 Å². The van der Waals surface area contributed by atoms with Crippen LogP contribution in [0.3, 0.4) is 0 Å². The number of fused-ring (bicyclic) bond motifs is 1. The fraction of sp³-hybridized carbons (Fsp3) is 0.286. The van der Waals surface area contributed by atoms with Crippen molar-refractivity contribution in [2.45, 2.75) is 25.4 Å². The first-order valence-electron chi connectivity index (χ1n) is 6.01. The summed E-state index contributed by atoms with van der Waals surface area (Å²) in [5.74, 6) is -1.46. The quantitative estimate of drug-likeness (QED) is 0.802. The molecule has 1 aromatic carbocycles. The molecule has 1 aliphatic rings. The minimum absolute atomic E-state index is 0.159. The van der Waals surface area contributed by atoms with Gasteiger partial charge in [0.2, 0.25) is 0 Å². The van der Waals surface area contributed by atoms with E-state index in [2.05, 4.69) is 15.9 Å². The molecule has 0 fully saturated rings. The van der Waals surface area contributed by atoms with E-state index >= 15 is 0 Å². The van der Waals surface area contributed by atoms with E-state index in [4.69, 9.17) is 0 Å². The molecule has 0 bridgehead atoms.